The summed E-state index contributed by atoms with van der Waals surface area (Å²) in [6, 6.07) is 5.95. The van der Waals surface area contributed by atoms with Crippen LogP contribution in [0.2, 0.25) is 10.0 Å². The molecule has 24 heavy (non-hydrogen) atoms. The highest BCUT2D eigenvalue weighted by Gasteiger charge is 2.44. The summed E-state index contributed by atoms with van der Waals surface area (Å²) >= 11 is 11.5. The Bertz CT molecular complexity index is 753. The van der Waals surface area contributed by atoms with E-state index in [1.807, 2.05) is 0 Å². The van der Waals surface area contributed by atoms with E-state index in [2.05, 4.69) is 9.72 Å². The average Bonchev–Trinajstić information content (AvgIpc) is 2.54. The Kier molecular flexibility index (Phi) is 5.56. The van der Waals surface area contributed by atoms with Crippen molar-refractivity contribution < 1.29 is 27.4 Å². The maximum absolute atomic E-state index is 13.4. The van der Waals surface area contributed by atoms with Crippen molar-refractivity contribution in [2.24, 2.45) is 0 Å². The number of halogens is 5. The van der Waals surface area contributed by atoms with Crippen LogP contribution in [0.5, 0.6) is 5.75 Å². The Hall–Kier alpha value is -1.99. The van der Waals surface area contributed by atoms with Crippen molar-refractivity contribution in [3.05, 3.63) is 57.8 Å². The third-order valence-corrected chi connectivity index (χ3v) is 3.68. The number of nitrogens with zero attached hydrogens (tertiary/aromatic N) is 1. The first-order valence-electron chi connectivity index (χ1n) is 6.45. The monoisotopic (exact) mass is 379 g/mol. The standard InChI is InChI=1S/C15H10Cl2F3NO3/c1-23-14(22)12-11(3-2-6-21-12)24-13(15(18,19)20)8-4-5-9(16)10(17)7-8/h2-7,13H,1H3. The van der Waals surface area contributed by atoms with Crippen LogP contribution in [0.15, 0.2) is 36.5 Å². The lowest BCUT2D eigenvalue weighted by Crippen LogP contribution is -2.27. The van der Waals surface area contributed by atoms with E-state index in [-0.39, 0.29) is 27.1 Å². The number of ether oxygens (including phenoxy) is 2. The van der Waals surface area contributed by atoms with Crippen LogP contribution < -0.4 is 4.74 Å². The molecule has 0 aliphatic heterocycles. The number of carbonyl (C=O) groups excluding carboxylic acids is 1. The van der Waals surface area contributed by atoms with E-state index in [4.69, 9.17) is 27.9 Å². The SMILES string of the molecule is COC(=O)c1ncccc1OC(c1ccc(Cl)c(Cl)c1)C(F)(F)F. The first kappa shape index (κ1) is 18.4. The van der Waals surface area contributed by atoms with Crippen LogP contribution in [-0.4, -0.2) is 24.2 Å². The molecule has 1 atom stereocenters. The number of aromatic nitrogens is 1. The topological polar surface area (TPSA) is 48.4 Å². The van der Waals surface area contributed by atoms with Crippen LogP contribution in [0.25, 0.3) is 0 Å². The van der Waals surface area contributed by atoms with Gasteiger partial charge in [0.2, 0.25) is 6.10 Å². The fourth-order valence-electron chi connectivity index (χ4n) is 1.86. The molecule has 9 heteroatoms. The molecule has 2 rings (SSSR count). The number of hydrogen-bond donors (Lipinski definition) is 0. The summed E-state index contributed by atoms with van der Waals surface area (Å²) in [6.07, 6.45) is -5.89. The van der Waals surface area contributed by atoms with E-state index in [1.165, 1.54) is 24.4 Å². The number of alkyl halides is 3. The second-order valence-corrected chi connectivity index (χ2v) is 5.37. The van der Waals surface area contributed by atoms with Crippen molar-refractivity contribution in [3.8, 4) is 5.75 Å². The first-order valence-corrected chi connectivity index (χ1v) is 7.21. The molecule has 1 unspecified atom stereocenters. The summed E-state index contributed by atoms with van der Waals surface area (Å²) in [5.74, 6) is -1.28. The van der Waals surface area contributed by atoms with Gasteiger partial charge in [0.05, 0.1) is 17.2 Å². The number of methoxy groups -OCH3 is 1. The van der Waals surface area contributed by atoms with Crippen molar-refractivity contribution in [2.75, 3.05) is 7.11 Å². The first-order chi connectivity index (χ1) is 11.2. The Balaban J connectivity index is 2.45. The molecule has 2 aromatic rings. The molecule has 0 saturated carbocycles. The summed E-state index contributed by atoms with van der Waals surface area (Å²) in [7, 11) is 1.08. The number of pyridine rings is 1. The van der Waals surface area contributed by atoms with Crippen molar-refractivity contribution in [2.45, 2.75) is 12.3 Å². The van der Waals surface area contributed by atoms with Gasteiger partial charge in [-0.2, -0.15) is 13.2 Å². The second kappa shape index (κ2) is 7.27. The maximum Gasteiger partial charge on any atom is 0.429 e. The van der Waals surface area contributed by atoms with Crippen LogP contribution in [0.1, 0.15) is 22.2 Å². The third-order valence-electron chi connectivity index (χ3n) is 2.94. The van der Waals surface area contributed by atoms with Gasteiger partial charge in [-0.25, -0.2) is 9.78 Å². The van der Waals surface area contributed by atoms with E-state index in [1.54, 1.807) is 0 Å². The molecular formula is C15H10Cl2F3NO3. The lowest BCUT2D eigenvalue weighted by atomic mass is 10.1. The molecule has 0 radical (unpaired) electrons. The van der Waals surface area contributed by atoms with Gasteiger partial charge in [0.25, 0.3) is 0 Å². The molecular weight excluding hydrogens is 370 g/mol. The van der Waals surface area contributed by atoms with Crippen molar-refractivity contribution in [3.63, 3.8) is 0 Å². The zero-order chi connectivity index (χ0) is 17.9. The fraction of sp³-hybridized carbons (Fsp3) is 0.200. The van der Waals surface area contributed by atoms with Crippen LogP contribution in [0.3, 0.4) is 0 Å². The molecule has 0 aliphatic rings. The second-order valence-electron chi connectivity index (χ2n) is 4.55. The van der Waals surface area contributed by atoms with E-state index in [0.717, 1.165) is 19.2 Å². The van der Waals surface area contributed by atoms with Crippen LogP contribution in [-0.2, 0) is 4.74 Å². The van der Waals surface area contributed by atoms with Crippen molar-refractivity contribution in [1.82, 2.24) is 4.98 Å². The summed E-state index contributed by atoms with van der Waals surface area (Å²) in [6.45, 7) is 0. The molecule has 0 N–H and O–H groups in total. The van der Waals surface area contributed by atoms with Crippen LogP contribution in [0.4, 0.5) is 13.2 Å². The van der Waals surface area contributed by atoms with Gasteiger partial charge in [-0.1, -0.05) is 29.3 Å². The lowest BCUT2D eigenvalue weighted by molar-refractivity contribution is -0.198. The molecule has 0 saturated heterocycles. The van der Waals surface area contributed by atoms with Gasteiger partial charge in [-0.15, -0.1) is 0 Å². The molecule has 0 aliphatic carbocycles. The molecule has 0 fully saturated rings. The van der Waals surface area contributed by atoms with E-state index < -0.39 is 18.2 Å². The Labute approximate surface area is 145 Å². The molecule has 1 aromatic carbocycles. The van der Waals surface area contributed by atoms with Crippen molar-refractivity contribution >= 4 is 29.2 Å². The molecule has 128 valence electrons. The summed E-state index contributed by atoms with van der Waals surface area (Å²) < 4.78 is 49.7. The van der Waals surface area contributed by atoms with E-state index >= 15 is 0 Å². The average molecular weight is 380 g/mol. The predicted molar refractivity (Wildman–Crippen MR) is 81.5 cm³/mol. The molecule has 0 amide bonds. The van der Waals surface area contributed by atoms with Crippen molar-refractivity contribution in [1.29, 1.82) is 0 Å². The fourth-order valence-corrected chi connectivity index (χ4v) is 2.17. The largest absolute Gasteiger partial charge is 0.474 e. The van der Waals surface area contributed by atoms with E-state index in [9.17, 15) is 18.0 Å². The van der Waals surface area contributed by atoms with Crippen LogP contribution >= 0.6 is 23.2 Å². The highest BCUT2D eigenvalue weighted by molar-refractivity contribution is 6.42. The van der Waals surface area contributed by atoms with Gasteiger partial charge in [-0.3, -0.25) is 0 Å². The molecule has 0 bridgehead atoms. The molecule has 4 nitrogen and oxygen atoms in total. The quantitative estimate of drug-likeness (QED) is 0.711. The number of hydrogen-bond acceptors (Lipinski definition) is 4. The Morgan fingerprint density at radius 3 is 2.50 bits per heavy atom. The number of rotatable bonds is 4. The minimum absolute atomic E-state index is 0.0496. The normalized spacial score (nSPS) is 12.6. The maximum atomic E-state index is 13.4. The minimum Gasteiger partial charge on any atom is -0.474 e. The molecule has 1 heterocycles. The summed E-state index contributed by atoms with van der Waals surface area (Å²) in [4.78, 5) is 15.3. The highest BCUT2D eigenvalue weighted by atomic mass is 35.5. The Morgan fingerprint density at radius 1 is 1.21 bits per heavy atom. The Morgan fingerprint density at radius 2 is 1.92 bits per heavy atom. The zero-order valence-corrected chi connectivity index (χ0v) is 13.6. The third kappa shape index (κ3) is 4.10. The summed E-state index contributed by atoms with van der Waals surface area (Å²) in [5, 5.41) is 0.0596. The molecule has 1 aromatic heterocycles. The van der Waals surface area contributed by atoms with E-state index in [0.29, 0.717) is 0 Å². The number of benzene rings is 1. The number of esters is 1. The predicted octanol–water partition coefficient (Wildman–Crippen LogP) is 4.86. The zero-order valence-electron chi connectivity index (χ0n) is 12.1. The van der Waals surface area contributed by atoms with Gasteiger partial charge in [0, 0.05) is 11.8 Å². The summed E-state index contributed by atoms with van der Waals surface area (Å²) in [5.41, 5.74) is -0.633. The van der Waals surface area contributed by atoms with Gasteiger partial charge in [0.15, 0.2) is 11.4 Å². The smallest absolute Gasteiger partial charge is 0.429 e. The molecule has 0 spiro atoms. The van der Waals surface area contributed by atoms with Crippen LogP contribution in [0, 0.1) is 0 Å². The van der Waals surface area contributed by atoms with Gasteiger partial charge < -0.3 is 9.47 Å². The minimum atomic E-state index is -4.76. The van der Waals surface area contributed by atoms with Gasteiger partial charge in [-0.05, 0) is 24.3 Å². The number of carbonyl (C=O) groups is 1. The van der Waals surface area contributed by atoms with Gasteiger partial charge >= 0.3 is 12.1 Å². The highest BCUT2D eigenvalue weighted by Crippen LogP contribution is 2.39. The van der Waals surface area contributed by atoms with Gasteiger partial charge in [0.1, 0.15) is 0 Å². The lowest BCUT2D eigenvalue weighted by Gasteiger charge is -2.23.